The van der Waals surface area contributed by atoms with Gasteiger partial charge in [-0.3, -0.25) is 15.6 Å². The van der Waals surface area contributed by atoms with Crippen LogP contribution in [0.2, 0.25) is 0 Å². The van der Waals surface area contributed by atoms with Gasteiger partial charge in [-0.2, -0.15) is 0 Å². The Morgan fingerprint density at radius 2 is 1.83 bits per heavy atom. The number of H-pyrrole nitrogens is 1. The van der Waals surface area contributed by atoms with E-state index in [0.717, 1.165) is 11.1 Å². The summed E-state index contributed by atoms with van der Waals surface area (Å²) in [5, 5.41) is 8.70. The van der Waals surface area contributed by atoms with Gasteiger partial charge in [0.2, 0.25) is 0 Å². The maximum atomic E-state index is 12.3. The smallest absolute Gasteiger partial charge is 0.341 e. The summed E-state index contributed by atoms with van der Waals surface area (Å²) >= 11 is 0. The van der Waals surface area contributed by atoms with Crippen LogP contribution in [-0.2, 0) is 4.79 Å². The van der Waals surface area contributed by atoms with Gasteiger partial charge in [-0.1, -0.05) is 18.2 Å². The first kappa shape index (κ1) is 19.3. The molecule has 0 saturated carbocycles. The van der Waals surface area contributed by atoms with E-state index < -0.39 is 12.6 Å². The molecule has 5 N–H and O–H groups in total. The number of aromatic amines is 1. The quantitative estimate of drug-likeness (QED) is 0.398. The van der Waals surface area contributed by atoms with Crippen molar-refractivity contribution >= 4 is 17.5 Å². The lowest BCUT2D eigenvalue weighted by molar-refractivity contribution is -0.139. The fraction of sp³-hybridized carbons (Fsp3) is 0.150. The van der Waals surface area contributed by atoms with Crippen LogP contribution < -0.4 is 31.4 Å². The van der Waals surface area contributed by atoms with Crippen LogP contribution in [0.1, 0.15) is 6.92 Å². The van der Waals surface area contributed by atoms with Crippen molar-refractivity contribution in [3.63, 3.8) is 0 Å². The third kappa shape index (κ3) is 3.89. The monoisotopic (exact) mass is 409 g/mol. The van der Waals surface area contributed by atoms with Crippen molar-refractivity contribution in [2.45, 2.75) is 6.92 Å². The number of hydrogen-bond donors (Lipinski definition) is 5. The second kappa shape index (κ2) is 8.13. The number of benzene rings is 2. The summed E-state index contributed by atoms with van der Waals surface area (Å²) in [6, 6.07) is 12.7. The fourth-order valence-electron chi connectivity index (χ4n) is 3.02. The molecule has 1 aromatic heterocycles. The third-order valence-corrected chi connectivity index (χ3v) is 4.37. The van der Waals surface area contributed by atoms with Crippen LogP contribution in [0.3, 0.4) is 0 Å². The van der Waals surface area contributed by atoms with E-state index in [1.54, 1.807) is 12.1 Å². The highest BCUT2D eigenvalue weighted by Gasteiger charge is 2.19. The molecule has 0 radical (unpaired) electrons. The molecule has 0 bridgehead atoms. The first-order valence-electron chi connectivity index (χ1n) is 9.18. The molecule has 0 spiro atoms. The van der Waals surface area contributed by atoms with Gasteiger partial charge in [0.05, 0.1) is 12.2 Å². The molecule has 4 rings (SSSR count). The standard InChI is InChI=1S/C20H19N5O5/c1-2-29-15-9-12(11-3-6-13(7-4-11)30-10-16(26)27)5-8-14(15)18-21-19-17(20(28)22-18)23-25-24-19/h3-9,23,25H,2,10H2,1H3,(H,26,27)(H2,21,22,24,28). The predicted molar refractivity (Wildman–Crippen MR) is 110 cm³/mol. The molecule has 2 aromatic carbocycles. The van der Waals surface area contributed by atoms with Gasteiger partial charge >= 0.3 is 5.97 Å². The zero-order valence-corrected chi connectivity index (χ0v) is 16.0. The van der Waals surface area contributed by atoms with Gasteiger partial charge in [-0.05, 0) is 42.3 Å². The van der Waals surface area contributed by atoms with Gasteiger partial charge in [0, 0.05) is 0 Å². The molecule has 1 aliphatic heterocycles. The van der Waals surface area contributed by atoms with E-state index in [9.17, 15) is 9.59 Å². The molecule has 3 aromatic rings. The molecule has 10 nitrogen and oxygen atoms in total. The number of anilines is 2. The van der Waals surface area contributed by atoms with E-state index in [-0.39, 0.29) is 5.56 Å². The number of fused-ring (bicyclic) bond motifs is 1. The van der Waals surface area contributed by atoms with Crippen molar-refractivity contribution in [3.8, 4) is 34.0 Å². The molecule has 1 aliphatic rings. The number of carboxylic acids is 1. The molecule has 0 aliphatic carbocycles. The number of aliphatic carboxylic acids is 1. The zero-order valence-electron chi connectivity index (χ0n) is 16.0. The van der Waals surface area contributed by atoms with Crippen molar-refractivity contribution in [2.24, 2.45) is 0 Å². The Kier molecular flexibility index (Phi) is 5.22. The van der Waals surface area contributed by atoms with Crippen molar-refractivity contribution in [1.82, 2.24) is 15.5 Å². The Labute approximate surface area is 170 Å². The third-order valence-electron chi connectivity index (χ3n) is 4.37. The largest absolute Gasteiger partial charge is 0.493 e. The van der Waals surface area contributed by atoms with Crippen molar-refractivity contribution in [2.75, 3.05) is 24.1 Å². The van der Waals surface area contributed by atoms with E-state index in [4.69, 9.17) is 14.6 Å². The normalized spacial score (nSPS) is 11.9. The molecule has 2 heterocycles. The molecule has 0 fully saturated rings. The first-order valence-corrected chi connectivity index (χ1v) is 9.18. The minimum atomic E-state index is -1.03. The number of rotatable bonds is 7. The van der Waals surface area contributed by atoms with E-state index >= 15 is 0 Å². The lowest BCUT2D eigenvalue weighted by atomic mass is 10.0. The maximum Gasteiger partial charge on any atom is 0.341 e. The van der Waals surface area contributed by atoms with Gasteiger partial charge in [0.25, 0.3) is 5.56 Å². The van der Waals surface area contributed by atoms with Gasteiger partial charge in [0.1, 0.15) is 17.3 Å². The molecular weight excluding hydrogens is 390 g/mol. The molecule has 10 heteroatoms. The highest BCUT2D eigenvalue weighted by molar-refractivity contribution is 5.76. The lowest BCUT2D eigenvalue weighted by Gasteiger charge is -2.13. The van der Waals surface area contributed by atoms with E-state index in [0.29, 0.717) is 41.0 Å². The molecule has 0 atom stereocenters. The topological polar surface area (TPSA) is 138 Å². The Morgan fingerprint density at radius 1 is 1.07 bits per heavy atom. The maximum absolute atomic E-state index is 12.3. The van der Waals surface area contributed by atoms with Gasteiger partial charge in [0.15, 0.2) is 18.1 Å². The highest BCUT2D eigenvalue weighted by atomic mass is 16.5. The Hall–Kier alpha value is -4.05. The summed E-state index contributed by atoms with van der Waals surface area (Å²) in [6.07, 6.45) is 0. The van der Waals surface area contributed by atoms with Gasteiger partial charge < -0.3 is 19.6 Å². The fourth-order valence-corrected chi connectivity index (χ4v) is 3.02. The summed E-state index contributed by atoms with van der Waals surface area (Å²) in [5.74, 6) is 0.790. The van der Waals surface area contributed by atoms with E-state index in [1.165, 1.54) is 0 Å². The van der Waals surface area contributed by atoms with Gasteiger partial charge in [-0.25, -0.2) is 9.78 Å². The Bertz CT molecular complexity index is 1140. The number of ether oxygens (including phenoxy) is 2. The van der Waals surface area contributed by atoms with Crippen LogP contribution in [0.15, 0.2) is 47.3 Å². The molecule has 0 saturated heterocycles. The summed E-state index contributed by atoms with van der Waals surface area (Å²) in [6.45, 7) is 1.92. The zero-order chi connectivity index (χ0) is 21.1. The lowest BCUT2D eigenvalue weighted by Crippen LogP contribution is -2.21. The number of nitrogens with one attached hydrogen (secondary N) is 4. The minimum Gasteiger partial charge on any atom is -0.493 e. The van der Waals surface area contributed by atoms with E-state index in [1.807, 2.05) is 37.3 Å². The van der Waals surface area contributed by atoms with Crippen molar-refractivity contribution < 1.29 is 19.4 Å². The number of aromatic nitrogens is 2. The highest BCUT2D eigenvalue weighted by Crippen LogP contribution is 2.34. The number of hydrazine groups is 2. The Balaban J connectivity index is 1.66. The van der Waals surface area contributed by atoms with Crippen molar-refractivity contribution in [3.05, 3.63) is 52.8 Å². The molecule has 0 unspecified atom stereocenters. The van der Waals surface area contributed by atoms with Crippen LogP contribution in [0.4, 0.5) is 11.5 Å². The van der Waals surface area contributed by atoms with Crippen LogP contribution in [0.5, 0.6) is 11.5 Å². The SMILES string of the molecule is CCOc1cc(-c2ccc(OCC(=O)O)cc2)ccc1-c1nc2c(c(=O)[nH]1)NNN2. The van der Waals surface area contributed by atoms with Crippen LogP contribution in [0, 0.1) is 0 Å². The molecule has 154 valence electrons. The number of carbonyl (C=O) groups is 1. The second-order valence-electron chi connectivity index (χ2n) is 6.36. The Morgan fingerprint density at radius 3 is 2.57 bits per heavy atom. The number of hydrogen-bond acceptors (Lipinski definition) is 8. The summed E-state index contributed by atoms with van der Waals surface area (Å²) < 4.78 is 11.0. The average molecular weight is 409 g/mol. The molecule has 30 heavy (non-hydrogen) atoms. The molecule has 0 amide bonds. The van der Waals surface area contributed by atoms with Crippen LogP contribution >= 0.6 is 0 Å². The number of carboxylic acid groups (broad SMARTS) is 1. The summed E-state index contributed by atoms with van der Waals surface area (Å²) in [7, 11) is 0. The summed E-state index contributed by atoms with van der Waals surface area (Å²) in [4.78, 5) is 30.1. The second-order valence-corrected chi connectivity index (χ2v) is 6.36. The van der Waals surface area contributed by atoms with Gasteiger partial charge in [-0.15, -0.1) is 5.53 Å². The first-order chi connectivity index (χ1) is 14.5. The van der Waals surface area contributed by atoms with E-state index in [2.05, 4.69) is 26.4 Å². The minimum absolute atomic E-state index is 0.309. The van der Waals surface area contributed by atoms with Crippen LogP contribution in [-0.4, -0.2) is 34.3 Å². The number of nitrogens with zero attached hydrogens (tertiary/aromatic N) is 1. The van der Waals surface area contributed by atoms with Crippen LogP contribution in [0.25, 0.3) is 22.5 Å². The molecular formula is C20H19N5O5. The predicted octanol–water partition coefficient (Wildman–Crippen LogP) is 2.22. The average Bonchev–Trinajstić information content (AvgIpc) is 3.22. The summed E-state index contributed by atoms with van der Waals surface area (Å²) in [5.41, 5.74) is 10.6. The van der Waals surface area contributed by atoms with Crippen molar-refractivity contribution in [1.29, 1.82) is 0 Å².